The first-order valence-electron chi connectivity index (χ1n) is 4.17. The molecule has 1 nitrogen and oxygen atoms in total. The highest BCUT2D eigenvalue weighted by Gasteiger charge is 2.29. The second-order valence-corrected chi connectivity index (χ2v) is 3.31. The molecule has 0 saturated heterocycles. The molecule has 1 aliphatic rings. The summed E-state index contributed by atoms with van der Waals surface area (Å²) in [5, 5.41) is 9.00. The zero-order chi connectivity index (χ0) is 8.27. The molecule has 0 bridgehead atoms. The van der Waals surface area contributed by atoms with E-state index in [1.165, 1.54) is 0 Å². The second-order valence-electron chi connectivity index (χ2n) is 3.31. The van der Waals surface area contributed by atoms with Crippen LogP contribution in [0.1, 0.15) is 12.8 Å². The average molecular weight is 152 g/mol. The van der Waals surface area contributed by atoms with E-state index in [9.17, 15) is 0 Å². The lowest BCUT2D eigenvalue weighted by molar-refractivity contribution is 0.209. The van der Waals surface area contributed by atoms with Crippen LogP contribution in [0.4, 0.5) is 0 Å². The maximum Gasteiger partial charge on any atom is 0.0465 e. The molecule has 0 aromatic rings. The largest absolute Gasteiger partial charge is 0.396 e. The molecule has 1 aliphatic carbocycles. The SMILES string of the molecule is C=CC1CC(C=C)C(CO)C1. The van der Waals surface area contributed by atoms with Crippen LogP contribution in [0.3, 0.4) is 0 Å². The van der Waals surface area contributed by atoms with Crippen molar-refractivity contribution in [2.24, 2.45) is 17.8 Å². The maximum absolute atomic E-state index is 9.00. The maximum atomic E-state index is 9.00. The Kier molecular flexibility index (Phi) is 2.89. The Morgan fingerprint density at radius 3 is 2.36 bits per heavy atom. The van der Waals surface area contributed by atoms with Gasteiger partial charge < -0.3 is 5.11 Å². The minimum Gasteiger partial charge on any atom is -0.396 e. The lowest BCUT2D eigenvalue weighted by atomic mass is 9.97. The molecule has 1 rings (SSSR count). The summed E-state index contributed by atoms with van der Waals surface area (Å²) in [5.74, 6) is 1.52. The molecule has 0 spiro atoms. The molecule has 3 atom stereocenters. The quantitative estimate of drug-likeness (QED) is 0.613. The Morgan fingerprint density at radius 1 is 1.27 bits per heavy atom. The van der Waals surface area contributed by atoms with Crippen molar-refractivity contribution in [2.45, 2.75) is 12.8 Å². The van der Waals surface area contributed by atoms with Gasteiger partial charge in [0.15, 0.2) is 0 Å². The third-order valence-corrected chi connectivity index (χ3v) is 2.66. The van der Waals surface area contributed by atoms with Gasteiger partial charge in [0.2, 0.25) is 0 Å². The number of hydrogen-bond acceptors (Lipinski definition) is 1. The molecule has 0 heterocycles. The van der Waals surface area contributed by atoms with Crippen molar-refractivity contribution in [3.63, 3.8) is 0 Å². The van der Waals surface area contributed by atoms with Gasteiger partial charge in [-0.25, -0.2) is 0 Å². The molecule has 3 unspecified atom stereocenters. The normalized spacial score (nSPS) is 37.0. The van der Waals surface area contributed by atoms with Crippen LogP contribution < -0.4 is 0 Å². The number of rotatable bonds is 3. The van der Waals surface area contributed by atoms with Crippen molar-refractivity contribution >= 4 is 0 Å². The Balaban J connectivity index is 2.53. The molecule has 0 amide bonds. The molecular weight excluding hydrogens is 136 g/mol. The summed E-state index contributed by atoms with van der Waals surface area (Å²) >= 11 is 0. The lowest BCUT2D eigenvalue weighted by Gasteiger charge is -2.10. The summed E-state index contributed by atoms with van der Waals surface area (Å²) in [6, 6.07) is 0. The van der Waals surface area contributed by atoms with Gasteiger partial charge in [-0.05, 0) is 30.6 Å². The molecular formula is C10H16O. The summed E-state index contributed by atoms with van der Waals surface area (Å²) in [4.78, 5) is 0. The van der Waals surface area contributed by atoms with Crippen LogP contribution in [-0.2, 0) is 0 Å². The number of aliphatic hydroxyl groups is 1. The molecule has 0 aliphatic heterocycles. The van der Waals surface area contributed by atoms with E-state index in [-0.39, 0.29) is 0 Å². The predicted molar refractivity (Wildman–Crippen MR) is 47.2 cm³/mol. The zero-order valence-electron chi connectivity index (χ0n) is 6.87. The van der Waals surface area contributed by atoms with Crippen LogP contribution in [0.25, 0.3) is 0 Å². The first-order valence-corrected chi connectivity index (χ1v) is 4.17. The highest BCUT2D eigenvalue weighted by atomic mass is 16.3. The third kappa shape index (κ3) is 1.72. The fourth-order valence-corrected chi connectivity index (χ4v) is 1.89. The van der Waals surface area contributed by atoms with E-state index >= 15 is 0 Å². The van der Waals surface area contributed by atoms with Crippen LogP contribution in [0.5, 0.6) is 0 Å². The van der Waals surface area contributed by atoms with Crippen molar-refractivity contribution in [3.05, 3.63) is 25.3 Å². The van der Waals surface area contributed by atoms with Crippen LogP contribution >= 0.6 is 0 Å². The summed E-state index contributed by atoms with van der Waals surface area (Å²) in [7, 11) is 0. The standard InChI is InChI=1S/C10H16O/c1-3-8-5-9(4-2)10(6-8)7-11/h3-4,8-11H,1-2,5-7H2. The smallest absolute Gasteiger partial charge is 0.0465 e. The molecule has 1 saturated carbocycles. The first-order chi connectivity index (χ1) is 5.31. The topological polar surface area (TPSA) is 20.2 Å². The van der Waals surface area contributed by atoms with E-state index in [4.69, 9.17) is 5.11 Å². The van der Waals surface area contributed by atoms with Crippen molar-refractivity contribution in [3.8, 4) is 0 Å². The van der Waals surface area contributed by atoms with Crippen molar-refractivity contribution in [2.75, 3.05) is 6.61 Å². The number of aliphatic hydroxyl groups excluding tert-OH is 1. The van der Waals surface area contributed by atoms with Gasteiger partial charge in [-0.1, -0.05) is 12.2 Å². The number of hydrogen-bond donors (Lipinski definition) is 1. The Bertz CT molecular complexity index is 151. The van der Waals surface area contributed by atoms with Crippen LogP contribution in [0.15, 0.2) is 25.3 Å². The lowest BCUT2D eigenvalue weighted by Crippen LogP contribution is -2.08. The minimum atomic E-state index is 0.293. The van der Waals surface area contributed by atoms with Gasteiger partial charge in [0, 0.05) is 6.61 Å². The predicted octanol–water partition coefficient (Wildman–Crippen LogP) is 1.99. The average Bonchev–Trinajstić information content (AvgIpc) is 2.46. The fraction of sp³-hybridized carbons (Fsp3) is 0.600. The van der Waals surface area contributed by atoms with Gasteiger partial charge in [-0.15, -0.1) is 13.2 Å². The zero-order valence-corrected chi connectivity index (χ0v) is 6.87. The van der Waals surface area contributed by atoms with Gasteiger partial charge in [-0.3, -0.25) is 0 Å². The van der Waals surface area contributed by atoms with Crippen molar-refractivity contribution in [1.29, 1.82) is 0 Å². The summed E-state index contributed by atoms with van der Waals surface area (Å²) < 4.78 is 0. The minimum absolute atomic E-state index is 0.293. The number of allylic oxidation sites excluding steroid dienone is 2. The highest BCUT2D eigenvalue weighted by molar-refractivity contribution is 4.97. The molecule has 1 N–H and O–H groups in total. The van der Waals surface area contributed by atoms with Gasteiger partial charge in [-0.2, -0.15) is 0 Å². The van der Waals surface area contributed by atoms with Crippen molar-refractivity contribution < 1.29 is 5.11 Å². The van der Waals surface area contributed by atoms with Gasteiger partial charge in [0.1, 0.15) is 0 Å². The summed E-state index contributed by atoms with van der Waals surface area (Å²) in [6.07, 6.45) is 6.16. The van der Waals surface area contributed by atoms with E-state index in [2.05, 4.69) is 13.2 Å². The van der Waals surface area contributed by atoms with Gasteiger partial charge in [0.05, 0.1) is 0 Å². The fourth-order valence-electron chi connectivity index (χ4n) is 1.89. The Labute approximate surface area is 68.4 Å². The summed E-state index contributed by atoms with van der Waals surface area (Å²) in [5.41, 5.74) is 0. The second kappa shape index (κ2) is 3.72. The molecule has 0 aromatic carbocycles. The van der Waals surface area contributed by atoms with Crippen LogP contribution in [0, 0.1) is 17.8 Å². The van der Waals surface area contributed by atoms with Gasteiger partial charge in [0.25, 0.3) is 0 Å². The van der Waals surface area contributed by atoms with E-state index in [1.807, 2.05) is 12.2 Å². The molecule has 1 heteroatoms. The first kappa shape index (κ1) is 8.54. The van der Waals surface area contributed by atoms with Gasteiger partial charge >= 0.3 is 0 Å². The summed E-state index contributed by atoms with van der Waals surface area (Å²) in [6.45, 7) is 7.82. The van der Waals surface area contributed by atoms with E-state index in [1.54, 1.807) is 0 Å². The third-order valence-electron chi connectivity index (χ3n) is 2.66. The van der Waals surface area contributed by atoms with Crippen LogP contribution in [0.2, 0.25) is 0 Å². The van der Waals surface area contributed by atoms with Crippen molar-refractivity contribution in [1.82, 2.24) is 0 Å². The van der Waals surface area contributed by atoms with E-state index < -0.39 is 0 Å². The molecule has 11 heavy (non-hydrogen) atoms. The molecule has 0 radical (unpaired) electrons. The Morgan fingerprint density at radius 2 is 2.00 bits per heavy atom. The molecule has 1 fully saturated rings. The van der Waals surface area contributed by atoms with Crippen LogP contribution in [-0.4, -0.2) is 11.7 Å². The molecule has 62 valence electrons. The molecule has 0 aromatic heterocycles. The monoisotopic (exact) mass is 152 g/mol. The Hall–Kier alpha value is -0.560. The van der Waals surface area contributed by atoms with E-state index in [0.717, 1.165) is 12.8 Å². The van der Waals surface area contributed by atoms with E-state index in [0.29, 0.717) is 24.4 Å². The highest BCUT2D eigenvalue weighted by Crippen LogP contribution is 2.37.